The van der Waals surface area contributed by atoms with Crippen molar-refractivity contribution in [1.29, 1.82) is 0 Å². The largest absolute Gasteiger partial charge is 0.360 e. The summed E-state index contributed by atoms with van der Waals surface area (Å²) in [5, 5.41) is 3.94. The Balaban J connectivity index is 1.69. The number of aryl methyl sites for hydroxylation is 3. The van der Waals surface area contributed by atoms with Crippen LogP contribution in [-0.2, 0) is 4.79 Å². The molecule has 146 valence electrons. The van der Waals surface area contributed by atoms with Gasteiger partial charge in [-0.3, -0.25) is 9.59 Å². The summed E-state index contributed by atoms with van der Waals surface area (Å²) in [6.07, 6.45) is 1.76. The van der Waals surface area contributed by atoms with Crippen LogP contribution in [0.3, 0.4) is 0 Å². The number of carbonyl (C=O) groups is 2. The molecule has 0 saturated heterocycles. The maximum absolute atomic E-state index is 13.0. The van der Waals surface area contributed by atoms with Crippen LogP contribution in [0.25, 0.3) is 10.9 Å². The van der Waals surface area contributed by atoms with Crippen LogP contribution >= 0.6 is 0 Å². The van der Waals surface area contributed by atoms with Crippen LogP contribution in [0.1, 0.15) is 34.0 Å². The van der Waals surface area contributed by atoms with E-state index in [9.17, 15) is 9.59 Å². The predicted molar refractivity (Wildman–Crippen MR) is 113 cm³/mol. The lowest BCUT2D eigenvalue weighted by Gasteiger charge is -2.21. The molecule has 5 heteroatoms. The Labute approximate surface area is 165 Å². The third-order valence-corrected chi connectivity index (χ3v) is 5.37. The predicted octanol–water partition coefficient (Wildman–Crippen LogP) is 2.82. The lowest BCUT2D eigenvalue weighted by Crippen LogP contribution is -3.14. The van der Waals surface area contributed by atoms with Crippen LogP contribution in [0.4, 0.5) is 5.69 Å². The smallest absolute Gasteiger partial charge is 0.279 e. The number of Topliss-reactive ketones (excluding diaryl/α,β-unsaturated/α-hetero) is 1. The lowest BCUT2D eigenvalue weighted by atomic mass is 10.0. The fourth-order valence-electron chi connectivity index (χ4n) is 3.70. The summed E-state index contributed by atoms with van der Waals surface area (Å²) in [6.45, 7) is 8.13. The second-order valence-electron chi connectivity index (χ2n) is 7.68. The first-order valence-corrected chi connectivity index (χ1v) is 9.58. The Morgan fingerprint density at radius 1 is 1.11 bits per heavy atom. The number of aromatic amines is 1. The highest BCUT2D eigenvalue weighted by Gasteiger charge is 2.27. The number of hydrogen-bond acceptors (Lipinski definition) is 2. The van der Waals surface area contributed by atoms with Crippen LogP contribution in [0.2, 0.25) is 0 Å². The normalized spacial score (nSPS) is 13.3. The number of nitrogens with one attached hydrogen (secondary N) is 3. The fraction of sp³-hybridized carbons (Fsp3) is 0.304. The number of aromatic nitrogens is 1. The molecule has 3 N–H and O–H groups in total. The van der Waals surface area contributed by atoms with E-state index in [1.165, 1.54) is 5.56 Å². The van der Waals surface area contributed by atoms with Crippen molar-refractivity contribution < 1.29 is 14.5 Å². The molecular weight excluding hydrogens is 350 g/mol. The van der Waals surface area contributed by atoms with Gasteiger partial charge in [0.05, 0.1) is 7.05 Å². The zero-order valence-corrected chi connectivity index (χ0v) is 17.1. The van der Waals surface area contributed by atoms with E-state index in [4.69, 9.17) is 0 Å². The van der Waals surface area contributed by atoms with Crippen LogP contribution in [-0.4, -0.2) is 36.3 Å². The number of likely N-dealkylation sites (N-methyl/N-ethyl adjacent to an activating group) is 1. The molecule has 5 nitrogen and oxygen atoms in total. The summed E-state index contributed by atoms with van der Waals surface area (Å²) in [4.78, 5) is 29.6. The highest BCUT2D eigenvalue weighted by molar-refractivity contribution is 6.09. The van der Waals surface area contributed by atoms with Crippen LogP contribution in [0.15, 0.2) is 42.6 Å². The average Bonchev–Trinajstić information content (AvgIpc) is 3.07. The summed E-state index contributed by atoms with van der Waals surface area (Å²) in [7, 11) is 1.88. The Kier molecular flexibility index (Phi) is 5.66. The highest BCUT2D eigenvalue weighted by atomic mass is 16.2. The number of ketones is 1. The van der Waals surface area contributed by atoms with E-state index in [1.54, 1.807) is 6.20 Å². The van der Waals surface area contributed by atoms with Crippen molar-refractivity contribution in [3.05, 3.63) is 64.8 Å². The van der Waals surface area contributed by atoms with E-state index in [1.807, 2.05) is 59.0 Å². The van der Waals surface area contributed by atoms with E-state index >= 15 is 0 Å². The number of quaternary nitrogens is 1. The second kappa shape index (κ2) is 7.98. The summed E-state index contributed by atoms with van der Waals surface area (Å²) in [6, 6.07) is 11.5. The molecule has 1 heterocycles. The number of hydrogen-bond donors (Lipinski definition) is 3. The van der Waals surface area contributed by atoms with Crippen molar-refractivity contribution in [2.75, 3.05) is 18.9 Å². The molecule has 2 atom stereocenters. The topological polar surface area (TPSA) is 66.4 Å². The van der Waals surface area contributed by atoms with Crippen molar-refractivity contribution in [2.24, 2.45) is 0 Å². The van der Waals surface area contributed by atoms with Gasteiger partial charge in [-0.15, -0.1) is 0 Å². The van der Waals surface area contributed by atoms with Gasteiger partial charge in [-0.1, -0.05) is 35.9 Å². The Morgan fingerprint density at radius 3 is 2.43 bits per heavy atom. The number of carbonyl (C=O) groups excluding carboxylic acids is 2. The summed E-state index contributed by atoms with van der Waals surface area (Å²) in [5.41, 5.74) is 5.75. The van der Waals surface area contributed by atoms with Crippen LogP contribution < -0.4 is 10.2 Å². The van der Waals surface area contributed by atoms with Gasteiger partial charge in [0.25, 0.3) is 5.91 Å². The molecule has 0 bridgehead atoms. The highest BCUT2D eigenvalue weighted by Crippen LogP contribution is 2.22. The molecule has 0 saturated carbocycles. The van der Waals surface area contributed by atoms with Crippen molar-refractivity contribution in [3.63, 3.8) is 0 Å². The minimum atomic E-state index is -0.329. The maximum Gasteiger partial charge on any atom is 0.279 e. The molecule has 28 heavy (non-hydrogen) atoms. The first kappa shape index (κ1) is 19.8. The van der Waals surface area contributed by atoms with Crippen LogP contribution in [0, 0.1) is 20.8 Å². The van der Waals surface area contributed by atoms with E-state index in [0.29, 0.717) is 5.56 Å². The number of amides is 1. The van der Waals surface area contributed by atoms with Crippen LogP contribution in [0.5, 0.6) is 0 Å². The third-order valence-electron chi connectivity index (χ3n) is 5.37. The molecule has 3 aromatic rings. The standard InChI is InChI=1S/C23H27N3O2/c1-14-10-15(2)22(16(3)11-14)25-21(27)13-26(5)17(4)23(28)19-12-24-20-9-7-6-8-18(19)20/h6-12,17,24H,13H2,1-5H3,(H,25,27)/p+1/t17-/m1/s1. The van der Waals surface area contributed by atoms with Crippen molar-refractivity contribution in [1.82, 2.24) is 4.98 Å². The van der Waals surface area contributed by atoms with Gasteiger partial charge in [0, 0.05) is 28.4 Å². The number of rotatable bonds is 6. The molecule has 3 rings (SSSR count). The SMILES string of the molecule is Cc1cc(C)c(NC(=O)C[NH+](C)[C@H](C)C(=O)c2c[nH]c3ccccc23)c(C)c1. The first-order valence-electron chi connectivity index (χ1n) is 9.58. The molecule has 2 aromatic carbocycles. The molecule has 0 aliphatic carbocycles. The zero-order valence-electron chi connectivity index (χ0n) is 17.1. The minimum absolute atomic E-state index is 0.0328. The molecule has 0 fully saturated rings. The fourth-order valence-corrected chi connectivity index (χ4v) is 3.70. The van der Waals surface area contributed by atoms with Gasteiger partial charge in [0.15, 0.2) is 6.54 Å². The molecule has 0 aliphatic rings. The summed E-state index contributed by atoms with van der Waals surface area (Å²) < 4.78 is 0. The van der Waals surface area contributed by atoms with Gasteiger partial charge in [0.2, 0.25) is 5.78 Å². The van der Waals surface area contributed by atoms with E-state index in [0.717, 1.165) is 32.6 Å². The van der Waals surface area contributed by atoms with Gasteiger partial charge < -0.3 is 15.2 Å². The van der Waals surface area contributed by atoms with Gasteiger partial charge >= 0.3 is 0 Å². The maximum atomic E-state index is 13.0. The minimum Gasteiger partial charge on any atom is -0.360 e. The average molecular weight is 378 g/mol. The van der Waals surface area contributed by atoms with E-state index < -0.39 is 0 Å². The molecule has 1 amide bonds. The van der Waals surface area contributed by atoms with E-state index in [2.05, 4.69) is 22.4 Å². The van der Waals surface area contributed by atoms with Crippen molar-refractivity contribution >= 4 is 28.3 Å². The Morgan fingerprint density at radius 2 is 1.75 bits per heavy atom. The molecule has 0 aliphatic heterocycles. The molecule has 1 aromatic heterocycles. The van der Waals surface area contributed by atoms with Crippen molar-refractivity contribution in [2.45, 2.75) is 33.7 Å². The number of fused-ring (bicyclic) bond motifs is 1. The molecule has 1 unspecified atom stereocenters. The molecule has 0 radical (unpaired) electrons. The third kappa shape index (κ3) is 3.99. The first-order chi connectivity index (χ1) is 13.3. The quantitative estimate of drug-likeness (QED) is 0.578. The number of para-hydroxylation sites is 1. The lowest BCUT2D eigenvalue weighted by molar-refractivity contribution is -0.885. The summed E-state index contributed by atoms with van der Waals surface area (Å²) >= 11 is 0. The molecular formula is C23H28N3O2+. The number of benzene rings is 2. The van der Waals surface area contributed by atoms with E-state index in [-0.39, 0.29) is 24.3 Å². The van der Waals surface area contributed by atoms with Crippen molar-refractivity contribution in [3.8, 4) is 0 Å². The zero-order chi connectivity index (χ0) is 20.4. The summed E-state index contributed by atoms with van der Waals surface area (Å²) in [5.74, 6) is -0.0587. The molecule has 0 spiro atoms. The van der Waals surface area contributed by atoms with Gasteiger partial charge in [-0.05, 0) is 44.9 Å². The Hall–Kier alpha value is -2.92. The van der Waals surface area contributed by atoms with Gasteiger partial charge in [-0.25, -0.2) is 0 Å². The van der Waals surface area contributed by atoms with Gasteiger partial charge in [-0.2, -0.15) is 0 Å². The number of anilines is 1. The second-order valence-corrected chi connectivity index (χ2v) is 7.68. The Bertz CT molecular complexity index is 1010. The van der Waals surface area contributed by atoms with Gasteiger partial charge in [0.1, 0.15) is 6.04 Å². The monoisotopic (exact) mass is 378 g/mol. The number of H-pyrrole nitrogens is 1.